The SMILES string of the molecule is CCC(C)n1ccc(CC(N)c2cc(C)ccc2OC)n1. The Hall–Kier alpha value is -1.81. The van der Waals surface area contributed by atoms with Crippen LogP contribution in [-0.4, -0.2) is 16.9 Å². The zero-order valence-corrected chi connectivity index (χ0v) is 13.3. The van der Waals surface area contributed by atoms with E-state index in [1.54, 1.807) is 7.11 Å². The van der Waals surface area contributed by atoms with Crippen LogP contribution in [0.1, 0.15) is 49.2 Å². The third kappa shape index (κ3) is 3.64. The summed E-state index contributed by atoms with van der Waals surface area (Å²) in [6.45, 7) is 6.39. The van der Waals surface area contributed by atoms with Crippen LogP contribution in [0.2, 0.25) is 0 Å². The maximum atomic E-state index is 6.36. The summed E-state index contributed by atoms with van der Waals surface area (Å²) in [7, 11) is 1.68. The van der Waals surface area contributed by atoms with Crippen molar-refractivity contribution in [3.8, 4) is 5.75 Å². The Morgan fingerprint density at radius 2 is 2.10 bits per heavy atom. The molecule has 1 aromatic carbocycles. The number of nitrogens with two attached hydrogens (primary N) is 1. The topological polar surface area (TPSA) is 53.1 Å². The lowest BCUT2D eigenvalue weighted by molar-refractivity contribution is 0.405. The van der Waals surface area contributed by atoms with Gasteiger partial charge in [0.1, 0.15) is 5.75 Å². The highest BCUT2D eigenvalue weighted by Gasteiger charge is 2.15. The fraction of sp³-hybridized carbons (Fsp3) is 0.471. The Labute approximate surface area is 126 Å². The van der Waals surface area contributed by atoms with E-state index in [9.17, 15) is 0 Å². The van der Waals surface area contributed by atoms with Gasteiger partial charge in [0.15, 0.2) is 0 Å². The molecule has 4 nitrogen and oxygen atoms in total. The van der Waals surface area contributed by atoms with Gasteiger partial charge in [-0.05, 0) is 32.4 Å². The second kappa shape index (κ2) is 6.76. The van der Waals surface area contributed by atoms with Crippen molar-refractivity contribution >= 4 is 0 Å². The van der Waals surface area contributed by atoms with Crippen molar-refractivity contribution in [1.82, 2.24) is 9.78 Å². The largest absolute Gasteiger partial charge is 0.496 e. The lowest BCUT2D eigenvalue weighted by Crippen LogP contribution is -2.15. The molecule has 2 N–H and O–H groups in total. The Kier molecular flexibility index (Phi) is 5.02. The summed E-state index contributed by atoms with van der Waals surface area (Å²) < 4.78 is 7.42. The number of methoxy groups -OCH3 is 1. The molecule has 2 aromatic rings. The van der Waals surface area contributed by atoms with Gasteiger partial charge in [-0.2, -0.15) is 5.10 Å². The van der Waals surface area contributed by atoms with Gasteiger partial charge in [0.2, 0.25) is 0 Å². The van der Waals surface area contributed by atoms with E-state index in [1.807, 2.05) is 29.1 Å². The quantitative estimate of drug-likeness (QED) is 0.885. The van der Waals surface area contributed by atoms with E-state index in [1.165, 1.54) is 5.56 Å². The fourth-order valence-corrected chi connectivity index (χ4v) is 2.40. The van der Waals surface area contributed by atoms with Crippen LogP contribution in [0.15, 0.2) is 30.5 Å². The molecule has 0 bridgehead atoms. The number of benzene rings is 1. The van der Waals surface area contributed by atoms with Crippen LogP contribution in [0.5, 0.6) is 5.75 Å². The standard InChI is InChI=1S/C17H25N3O/c1-5-13(3)20-9-8-14(19-20)11-16(18)15-10-12(2)6-7-17(15)21-4/h6-10,13,16H,5,11,18H2,1-4H3. The number of hydrogen-bond donors (Lipinski definition) is 1. The highest BCUT2D eigenvalue weighted by atomic mass is 16.5. The van der Waals surface area contributed by atoms with Crippen LogP contribution < -0.4 is 10.5 Å². The minimum atomic E-state index is -0.111. The molecule has 0 spiro atoms. The number of nitrogens with zero attached hydrogens (tertiary/aromatic N) is 2. The van der Waals surface area contributed by atoms with E-state index in [-0.39, 0.29) is 6.04 Å². The van der Waals surface area contributed by atoms with E-state index < -0.39 is 0 Å². The number of aromatic nitrogens is 2. The monoisotopic (exact) mass is 287 g/mol. The predicted molar refractivity (Wildman–Crippen MR) is 85.6 cm³/mol. The molecule has 21 heavy (non-hydrogen) atoms. The van der Waals surface area contributed by atoms with Gasteiger partial charge < -0.3 is 10.5 Å². The first kappa shape index (κ1) is 15.6. The molecule has 0 amide bonds. The van der Waals surface area contributed by atoms with Crippen molar-refractivity contribution in [2.45, 2.75) is 45.7 Å². The number of hydrogen-bond acceptors (Lipinski definition) is 3. The smallest absolute Gasteiger partial charge is 0.123 e. The van der Waals surface area contributed by atoms with Crippen LogP contribution in [0.3, 0.4) is 0 Å². The second-order valence-electron chi connectivity index (χ2n) is 5.60. The van der Waals surface area contributed by atoms with E-state index in [0.717, 1.165) is 23.4 Å². The van der Waals surface area contributed by atoms with E-state index in [2.05, 4.69) is 31.9 Å². The summed E-state index contributed by atoms with van der Waals surface area (Å²) in [5.41, 5.74) is 9.60. The normalized spacial score (nSPS) is 14.0. The van der Waals surface area contributed by atoms with Gasteiger partial charge in [0.05, 0.1) is 12.8 Å². The number of rotatable bonds is 6. The molecular formula is C17H25N3O. The average Bonchev–Trinajstić information content (AvgIpc) is 2.94. The lowest BCUT2D eigenvalue weighted by atomic mass is 10.00. The molecule has 0 saturated heterocycles. The molecule has 2 rings (SSSR count). The first-order valence-corrected chi connectivity index (χ1v) is 7.49. The predicted octanol–water partition coefficient (Wildman–Crippen LogP) is 3.41. The molecule has 0 radical (unpaired) electrons. The molecule has 0 aliphatic carbocycles. The first-order valence-electron chi connectivity index (χ1n) is 7.49. The maximum absolute atomic E-state index is 6.36. The van der Waals surface area contributed by atoms with Crippen LogP contribution in [0, 0.1) is 6.92 Å². The van der Waals surface area contributed by atoms with Crippen molar-refractivity contribution in [2.75, 3.05) is 7.11 Å². The highest BCUT2D eigenvalue weighted by Crippen LogP contribution is 2.27. The summed E-state index contributed by atoms with van der Waals surface area (Å²) >= 11 is 0. The summed E-state index contributed by atoms with van der Waals surface area (Å²) in [4.78, 5) is 0. The zero-order valence-electron chi connectivity index (χ0n) is 13.3. The van der Waals surface area contributed by atoms with Crippen molar-refractivity contribution in [3.63, 3.8) is 0 Å². The Bertz CT molecular complexity index is 591. The van der Waals surface area contributed by atoms with Gasteiger partial charge in [-0.25, -0.2) is 0 Å². The van der Waals surface area contributed by atoms with Gasteiger partial charge in [0.25, 0.3) is 0 Å². The molecule has 0 aliphatic heterocycles. The van der Waals surface area contributed by atoms with Crippen molar-refractivity contribution < 1.29 is 4.74 Å². The van der Waals surface area contributed by atoms with Crippen LogP contribution in [0.25, 0.3) is 0 Å². The molecule has 0 aliphatic rings. The number of aryl methyl sites for hydroxylation is 1. The van der Waals surface area contributed by atoms with Gasteiger partial charge in [-0.3, -0.25) is 4.68 Å². The number of ether oxygens (including phenoxy) is 1. The highest BCUT2D eigenvalue weighted by molar-refractivity contribution is 5.39. The van der Waals surface area contributed by atoms with E-state index in [4.69, 9.17) is 10.5 Å². The Morgan fingerprint density at radius 1 is 1.33 bits per heavy atom. The fourth-order valence-electron chi connectivity index (χ4n) is 2.40. The molecule has 114 valence electrons. The van der Waals surface area contributed by atoms with Gasteiger partial charge >= 0.3 is 0 Å². The molecule has 4 heteroatoms. The molecular weight excluding hydrogens is 262 g/mol. The van der Waals surface area contributed by atoms with Crippen LogP contribution >= 0.6 is 0 Å². The summed E-state index contributed by atoms with van der Waals surface area (Å²) in [6.07, 6.45) is 3.81. The molecule has 0 saturated carbocycles. The first-order chi connectivity index (χ1) is 10.0. The maximum Gasteiger partial charge on any atom is 0.123 e. The molecule has 0 fully saturated rings. The van der Waals surface area contributed by atoms with Crippen molar-refractivity contribution in [1.29, 1.82) is 0 Å². The third-order valence-electron chi connectivity index (χ3n) is 3.92. The Morgan fingerprint density at radius 3 is 2.76 bits per heavy atom. The lowest BCUT2D eigenvalue weighted by Gasteiger charge is -2.15. The van der Waals surface area contributed by atoms with Crippen LogP contribution in [-0.2, 0) is 6.42 Å². The van der Waals surface area contributed by atoms with E-state index in [0.29, 0.717) is 12.5 Å². The minimum absolute atomic E-state index is 0.111. The van der Waals surface area contributed by atoms with Crippen LogP contribution in [0.4, 0.5) is 0 Å². The summed E-state index contributed by atoms with van der Waals surface area (Å²) in [6, 6.07) is 8.46. The molecule has 2 atom stereocenters. The van der Waals surface area contributed by atoms with Crippen molar-refractivity contribution in [3.05, 3.63) is 47.3 Å². The van der Waals surface area contributed by atoms with E-state index >= 15 is 0 Å². The zero-order chi connectivity index (χ0) is 15.4. The molecule has 1 heterocycles. The second-order valence-corrected chi connectivity index (χ2v) is 5.60. The summed E-state index contributed by atoms with van der Waals surface area (Å²) in [5.74, 6) is 0.842. The third-order valence-corrected chi connectivity index (χ3v) is 3.92. The van der Waals surface area contributed by atoms with Crippen molar-refractivity contribution in [2.24, 2.45) is 5.73 Å². The Balaban J connectivity index is 2.16. The molecule has 2 unspecified atom stereocenters. The average molecular weight is 287 g/mol. The minimum Gasteiger partial charge on any atom is -0.496 e. The van der Waals surface area contributed by atoms with Gasteiger partial charge in [-0.15, -0.1) is 0 Å². The summed E-state index contributed by atoms with van der Waals surface area (Å²) in [5, 5.41) is 4.62. The van der Waals surface area contributed by atoms with Gasteiger partial charge in [0, 0.05) is 30.3 Å². The van der Waals surface area contributed by atoms with Gasteiger partial charge in [-0.1, -0.05) is 24.6 Å². The molecule has 1 aromatic heterocycles.